The van der Waals surface area contributed by atoms with Crippen LogP contribution in [-0.4, -0.2) is 36.7 Å². The summed E-state index contributed by atoms with van der Waals surface area (Å²) < 4.78 is 25.5. The van der Waals surface area contributed by atoms with Crippen LogP contribution in [0.25, 0.3) is 11.0 Å². The van der Waals surface area contributed by atoms with Crippen molar-refractivity contribution in [2.24, 2.45) is 0 Å². The van der Waals surface area contributed by atoms with E-state index >= 15 is 0 Å². The molecule has 0 aliphatic rings. The van der Waals surface area contributed by atoms with Gasteiger partial charge in [-0.15, -0.1) is 0 Å². The Morgan fingerprint density at radius 3 is 2.06 bits per heavy atom. The molecular formula is C25H25N3O3S. The van der Waals surface area contributed by atoms with Gasteiger partial charge in [-0.25, -0.2) is 13.4 Å². The number of amides is 1. The van der Waals surface area contributed by atoms with E-state index in [2.05, 4.69) is 34.6 Å². The molecule has 0 fully saturated rings. The van der Waals surface area contributed by atoms with Crippen molar-refractivity contribution in [3.63, 3.8) is 0 Å². The zero-order chi connectivity index (χ0) is 22.6. The van der Waals surface area contributed by atoms with Gasteiger partial charge in [-0.05, 0) is 23.3 Å². The fourth-order valence-corrected chi connectivity index (χ4v) is 4.55. The molecule has 0 aliphatic carbocycles. The molecule has 0 atom stereocenters. The topological polar surface area (TPSA) is 81.1 Å². The molecule has 0 bridgehead atoms. The van der Waals surface area contributed by atoms with Crippen molar-refractivity contribution in [3.8, 4) is 0 Å². The highest BCUT2D eigenvalue weighted by Gasteiger charge is 2.19. The minimum atomic E-state index is -3.30. The van der Waals surface area contributed by atoms with Crippen molar-refractivity contribution in [3.05, 3.63) is 102 Å². The van der Waals surface area contributed by atoms with Gasteiger partial charge in [0.2, 0.25) is 5.91 Å². The van der Waals surface area contributed by atoms with E-state index in [0.29, 0.717) is 17.9 Å². The van der Waals surface area contributed by atoms with Crippen LogP contribution < -0.4 is 5.32 Å². The second kappa shape index (κ2) is 9.36. The van der Waals surface area contributed by atoms with Crippen LogP contribution in [0.5, 0.6) is 0 Å². The number of nitrogens with zero attached hydrogens (tertiary/aromatic N) is 2. The molecule has 6 nitrogen and oxygen atoms in total. The average molecular weight is 448 g/mol. The maximum Gasteiger partial charge on any atom is 0.240 e. The van der Waals surface area contributed by atoms with Gasteiger partial charge >= 0.3 is 0 Å². The number of carbonyl (C=O) groups excluding carboxylic acids is 1. The van der Waals surface area contributed by atoms with Crippen molar-refractivity contribution in [1.82, 2.24) is 14.9 Å². The summed E-state index contributed by atoms with van der Waals surface area (Å²) in [7, 11) is -3.30. The fourth-order valence-electron chi connectivity index (χ4n) is 3.86. The van der Waals surface area contributed by atoms with Gasteiger partial charge in [0.05, 0.1) is 11.0 Å². The van der Waals surface area contributed by atoms with Gasteiger partial charge in [0, 0.05) is 18.7 Å². The summed E-state index contributed by atoms with van der Waals surface area (Å²) in [6.45, 7) is 0.433. The Bertz CT molecular complexity index is 1280. The second-order valence-electron chi connectivity index (χ2n) is 7.85. The maximum atomic E-state index is 12.9. The van der Waals surface area contributed by atoms with Crippen molar-refractivity contribution in [2.45, 2.75) is 18.2 Å². The Labute approximate surface area is 187 Å². The van der Waals surface area contributed by atoms with Crippen LogP contribution in [0, 0.1) is 0 Å². The molecule has 1 heterocycles. The molecule has 0 spiro atoms. The molecule has 0 radical (unpaired) electrons. The first-order chi connectivity index (χ1) is 15.4. The van der Waals surface area contributed by atoms with Crippen molar-refractivity contribution in [2.75, 3.05) is 12.8 Å². The predicted octanol–water partition coefficient (Wildman–Crippen LogP) is 3.53. The smallest absolute Gasteiger partial charge is 0.240 e. The molecule has 0 saturated carbocycles. The lowest BCUT2D eigenvalue weighted by Gasteiger charge is -2.19. The number of imidazole rings is 1. The van der Waals surface area contributed by atoms with Gasteiger partial charge in [0.1, 0.15) is 18.1 Å². The highest BCUT2D eigenvalue weighted by molar-refractivity contribution is 7.89. The van der Waals surface area contributed by atoms with Crippen LogP contribution in [0.2, 0.25) is 0 Å². The summed E-state index contributed by atoms with van der Waals surface area (Å²) in [4.78, 5) is 17.4. The van der Waals surface area contributed by atoms with Crippen molar-refractivity contribution >= 4 is 26.8 Å². The Morgan fingerprint density at radius 1 is 0.906 bits per heavy atom. The van der Waals surface area contributed by atoms with Gasteiger partial charge < -0.3 is 9.88 Å². The summed E-state index contributed by atoms with van der Waals surface area (Å²) in [5.74, 6) is -0.0336. The SMILES string of the molecule is CS(=O)(=O)Cc1nc2ccccc2n1CC(=O)NCC(c1ccccc1)c1ccccc1. The number of rotatable bonds is 8. The quantitative estimate of drug-likeness (QED) is 0.448. The molecule has 0 unspecified atom stereocenters. The molecule has 32 heavy (non-hydrogen) atoms. The molecular weight excluding hydrogens is 422 g/mol. The van der Waals surface area contributed by atoms with E-state index in [1.54, 1.807) is 4.57 Å². The first-order valence-corrected chi connectivity index (χ1v) is 12.5. The molecule has 1 amide bonds. The molecule has 0 aliphatic heterocycles. The maximum absolute atomic E-state index is 12.9. The van der Waals surface area contributed by atoms with Crippen LogP contribution in [0.3, 0.4) is 0 Å². The van der Waals surface area contributed by atoms with E-state index in [9.17, 15) is 13.2 Å². The minimum absolute atomic E-state index is 0.00165. The zero-order valence-corrected chi connectivity index (χ0v) is 18.6. The highest BCUT2D eigenvalue weighted by atomic mass is 32.2. The van der Waals surface area contributed by atoms with Crippen LogP contribution in [0.4, 0.5) is 0 Å². The molecule has 4 rings (SSSR count). The highest BCUT2D eigenvalue weighted by Crippen LogP contribution is 2.24. The Morgan fingerprint density at radius 2 is 1.47 bits per heavy atom. The number of hydrogen-bond donors (Lipinski definition) is 1. The number of sulfone groups is 1. The van der Waals surface area contributed by atoms with E-state index in [0.717, 1.165) is 16.6 Å². The number of benzene rings is 3. The van der Waals surface area contributed by atoms with E-state index < -0.39 is 9.84 Å². The number of hydrogen-bond acceptors (Lipinski definition) is 4. The summed E-state index contributed by atoms with van der Waals surface area (Å²) in [6.07, 6.45) is 1.17. The number of carbonyl (C=O) groups is 1. The van der Waals surface area contributed by atoms with E-state index in [1.165, 1.54) is 6.26 Å². The summed E-state index contributed by atoms with van der Waals surface area (Å²) >= 11 is 0. The molecule has 4 aromatic rings. The Balaban J connectivity index is 1.56. The van der Waals surface area contributed by atoms with E-state index in [-0.39, 0.29) is 24.1 Å². The zero-order valence-electron chi connectivity index (χ0n) is 17.8. The minimum Gasteiger partial charge on any atom is -0.354 e. The van der Waals surface area contributed by atoms with Crippen molar-refractivity contribution in [1.29, 1.82) is 0 Å². The van der Waals surface area contributed by atoms with Crippen LogP contribution in [-0.2, 0) is 26.9 Å². The average Bonchev–Trinajstić information content (AvgIpc) is 3.10. The summed E-state index contributed by atoms with van der Waals surface area (Å²) in [5, 5.41) is 3.04. The first kappa shape index (κ1) is 21.8. The third-order valence-corrected chi connectivity index (χ3v) is 6.12. The van der Waals surface area contributed by atoms with Gasteiger partial charge in [0.25, 0.3) is 0 Å². The molecule has 1 aromatic heterocycles. The van der Waals surface area contributed by atoms with Crippen LogP contribution in [0.1, 0.15) is 22.9 Å². The standard InChI is InChI=1S/C25H25N3O3S/c1-32(30,31)18-24-27-22-14-8-9-15-23(22)28(24)17-25(29)26-16-21(19-10-4-2-5-11-19)20-12-6-3-7-13-20/h2-15,21H,16-18H2,1H3,(H,26,29). The largest absolute Gasteiger partial charge is 0.354 e. The summed E-state index contributed by atoms with van der Waals surface area (Å²) in [6, 6.07) is 27.5. The number of fused-ring (bicyclic) bond motifs is 1. The molecule has 7 heteroatoms. The fraction of sp³-hybridized carbons (Fsp3) is 0.200. The number of nitrogens with one attached hydrogen (secondary N) is 1. The molecule has 3 aromatic carbocycles. The summed E-state index contributed by atoms with van der Waals surface area (Å²) in [5.41, 5.74) is 3.64. The lowest BCUT2D eigenvalue weighted by Crippen LogP contribution is -2.32. The lowest BCUT2D eigenvalue weighted by molar-refractivity contribution is -0.121. The van der Waals surface area contributed by atoms with Gasteiger partial charge in [0.15, 0.2) is 9.84 Å². The number of para-hydroxylation sites is 2. The third kappa shape index (κ3) is 5.23. The first-order valence-electron chi connectivity index (χ1n) is 10.4. The monoisotopic (exact) mass is 447 g/mol. The van der Waals surface area contributed by atoms with Gasteiger partial charge in [-0.2, -0.15) is 0 Å². The predicted molar refractivity (Wildman–Crippen MR) is 126 cm³/mol. The van der Waals surface area contributed by atoms with E-state index in [4.69, 9.17) is 0 Å². The second-order valence-corrected chi connectivity index (χ2v) is 9.99. The van der Waals surface area contributed by atoms with Crippen LogP contribution in [0.15, 0.2) is 84.9 Å². The van der Waals surface area contributed by atoms with Gasteiger partial charge in [-0.1, -0.05) is 72.8 Å². The molecule has 0 saturated heterocycles. The van der Waals surface area contributed by atoms with E-state index in [1.807, 2.05) is 60.7 Å². The van der Waals surface area contributed by atoms with Gasteiger partial charge in [-0.3, -0.25) is 4.79 Å². The van der Waals surface area contributed by atoms with Crippen molar-refractivity contribution < 1.29 is 13.2 Å². The Hall–Kier alpha value is -3.45. The normalized spacial score (nSPS) is 11.7. The molecule has 164 valence electrons. The van der Waals surface area contributed by atoms with Crippen LogP contribution >= 0.6 is 0 Å². The third-order valence-electron chi connectivity index (χ3n) is 5.33. The number of aromatic nitrogens is 2. The lowest BCUT2D eigenvalue weighted by atomic mass is 9.91. The molecule has 1 N–H and O–H groups in total. The Kier molecular flexibility index (Phi) is 6.37.